The Kier molecular flexibility index (Phi) is 4.41. The van der Waals surface area contributed by atoms with E-state index in [1.807, 2.05) is 6.92 Å². The molecule has 2 aromatic rings. The summed E-state index contributed by atoms with van der Waals surface area (Å²) in [5.41, 5.74) is 0.453. The number of amides is 1. The summed E-state index contributed by atoms with van der Waals surface area (Å²) in [6, 6.07) is 6.74. The highest BCUT2D eigenvalue weighted by molar-refractivity contribution is 5.95. The van der Waals surface area contributed by atoms with Crippen molar-refractivity contribution >= 4 is 11.9 Å². The normalized spacial score (nSPS) is 20.0. The van der Waals surface area contributed by atoms with Gasteiger partial charge in [-0.1, -0.05) is 13.0 Å². The lowest BCUT2D eigenvalue weighted by Crippen LogP contribution is -2.29. The fourth-order valence-corrected chi connectivity index (χ4v) is 2.79. The molecule has 1 N–H and O–H groups in total. The predicted molar refractivity (Wildman–Crippen MR) is 84.7 cm³/mol. The molecule has 1 saturated heterocycles. The van der Waals surface area contributed by atoms with Gasteiger partial charge in [0.2, 0.25) is 5.88 Å². The van der Waals surface area contributed by atoms with Crippen LogP contribution >= 0.6 is 0 Å². The first-order chi connectivity index (χ1) is 11.5. The Morgan fingerprint density at radius 1 is 1.29 bits per heavy atom. The lowest BCUT2D eigenvalue weighted by molar-refractivity contribution is -0.142. The molecule has 0 bridgehead atoms. The summed E-state index contributed by atoms with van der Waals surface area (Å²) in [6.45, 7) is 2.51. The molecule has 7 heteroatoms. The van der Waals surface area contributed by atoms with Crippen LogP contribution in [0.5, 0.6) is 11.6 Å². The molecule has 0 unspecified atom stereocenters. The third-order valence-corrected chi connectivity index (χ3v) is 4.06. The second kappa shape index (κ2) is 6.66. The van der Waals surface area contributed by atoms with Gasteiger partial charge in [-0.05, 0) is 24.1 Å². The van der Waals surface area contributed by atoms with Gasteiger partial charge >= 0.3 is 5.97 Å². The van der Waals surface area contributed by atoms with Gasteiger partial charge in [0.25, 0.3) is 5.91 Å². The third kappa shape index (κ3) is 3.34. The number of nitrogens with zero attached hydrogens (tertiary/aromatic N) is 3. The van der Waals surface area contributed by atoms with Crippen LogP contribution in [0, 0.1) is 11.8 Å². The summed E-state index contributed by atoms with van der Waals surface area (Å²) >= 11 is 0. The summed E-state index contributed by atoms with van der Waals surface area (Å²) in [5, 5.41) is 9.19. The Morgan fingerprint density at radius 2 is 2.12 bits per heavy atom. The molecule has 1 aromatic heterocycles. The Balaban J connectivity index is 1.74. The van der Waals surface area contributed by atoms with Crippen LogP contribution in [0.1, 0.15) is 17.3 Å². The molecular formula is C17H17N3O4. The minimum absolute atomic E-state index is 0.0644. The smallest absolute Gasteiger partial charge is 0.308 e. The molecule has 24 heavy (non-hydrogen) atoms. The van der Waals surface area contributed by atoms with E-state index in [4.69, 9.17) is 4.74 Å². The van der Waals surface area contributed by atoms with Gasteiger partial charge in [0, 0.05) is 31.0 Å². The number of hydrogen-bond donors (Lipinski definition) is 1. The number of rotatable bonds is 4. The molecule has 1 aliphatic rings. The SMILES string of the molecule is C[C@@H]1CN(C(=O)c2cccc(Oc3cnccn3)c2)C[C@H]1C(=O)O. The number of benzene rings is 1. The van der Waals surface area contributed by atoms with Crippen molar-refractivity contribution in [1.82, 2.24) is 14.9 Å². The topological polar surface area (TPSA) is 92.6 Å². The van der Waals surface area contributed by atoms with Gasteiger partial charge in [-0.3, -0.25) is 14.6 Å². The van der Waals surface area contributed by atoms with Crippen LogP contribution in [0.15, 0.2) is 42.9 Å². The molecule has 124 valence electrons. The van der Waals surface area contributed by atoms with Gasteiger partial charge in [0.15, 0.2) is 0 Å². The van der Waals surface area contributed by atoms with Gasteiger partial charge in [-0.15, -0.1) is 0 Å². The summed E-state index contributed by atoms with van der Waals surface area (Å²) in [7, 11) is 0. The van der Waals surface area contributed by atoms with Gasteiger partial charge in [-0.25, -0.2) is 4.98 Å². The first kappa shape index (κ1) is 15.9. The maximum Gasteiger partial charge on any atom is 0.308 e. The maximum absolute atomic E-state index is 12.6. The van der Waals surface area contributed by atoms with Crippen LogP contribution in [0.2, 0.25) is 0 Å². The number of carboxylic acids is 1. The van der Waals surface area contributed by atoms with Crippen LogP contribution in [0.3, 0.4) is 0 Å². The fraction of sp³-hybridized carbons (Fsp3) is 0.294. The van der Waals surface area contributed by atoms with E-state index in [-0.39, 0.29) is 18.4 Å². The maximum atomic E-state index is 12.6. The minimum Gasteiger partial charge on any atom is -0.481 e. The zero-order valence-electron chi connectivity index (χ0n) is 13.1. The molecule has 2 atom stereocenters. The standard InChI is InChI=1S/C17H17N3O4/c1-11-9-20(10-14(11)17(22)23)16(21)12-3-2-4-13(7-12)24-15-8-18-5-6-19-15/h2-8,11,14H,9-10H2,1H3,(H,22,23)/t11-,14-/m1/s1. The first-order valence-electron chi connectivity index (χ1n) is 7.60. The number of aromatic nitrogens is 2. The van der Waals surface area contributed by atoms with Crippen molar-refractivity contribution in [3.05, 3.63) is 48.4 Å². The van der Waals surface area contributed by atoms with E-state index >= 15 is 0 Å². The second-order valence-corrected chi connectivity index (χ2v) is 5.81. The molecule has 0 aliphatic carbocycles. The van der Waals surface area contributed by atoms with Gasteiger partial charge in [0.1, 0.15) is 5.75 Å². The lowest BCUT2D eigenvalue weighted by Gasteiger charge is -2.16. The Bertz CT molecular complexity index is 751. The molecular weight excluding hydrogens is 310 g/mol. The summed E-state index contributed by atoms with van der Waals surface area (Å²) in [6.07, 6.45) is 4.54. The van der Waals surface area contributed by atoms with Crippen LogP contribution in [0.25, 0.3) is 0 Å². The molecule has 3 rings (SSSR count). The van der Waals surface area contributed by atoms with E-state index in [2.05, 4.69) is 9.97 Å². The molecule has 7 nitrogen and oxygen atoms in total. The Hall–Kier alpha value is -2.96. The Labute approximate surface area is 138 Å². The average molecular weight is 327 g/mol. The number of hydrogen-bond acceptors (Lipinski definition) is 5. The van der Waals surface area contributed by atoms with E-state index < -0.39 is 11.9 Å². The minimum atomic E-state index is -0.863. The predicted octanol–water partition coefficient (Wildman–Crippen LogP) is 2.06. The van der Waals surface area contributed by atoms with Crippen molar-refractivity contribution in [1.29, 1.82) is 0 Å². The molecule has 0 radical (unpaired) electrons. The van der Waals surface area contributed by atoms with Gasteiger partial charge < -0.3 is 14.7 Å². The van der Waals surface area contributed by atoms with Crippen molar-refractivity contribution in [3.63, 3.8) is 0 Å². The van der Waals surface area contributed by atoms with Crippen LogP contribution in [-0.2, 0) is 4.79 Å². The number of carbonyl (C=O) groups is 2. The third-order valence-electron chi connectivity index (χ3n) is 4.06. The number of carboxylic acid groups (broad SMARTS) is 1. The van der Waals surface area contributed by atoms with E-state index in [0.717, 1.165) is 0 Å². The number of likely N-dealkylation sites (tertiary alicyclic amines) is 1. The number of carbonyl (C=O) groups excluding carboxylic acids is 1. The molecule has 0 spiro atoms. The second-order valence-electron chi connectivity index (χ2n) is 5.81. The molecule has 1 fully saturated rings. The van der Waals surface area contributed by atoms with E-state index in [0.29, 0.717) is 23.7 Å². The highest BCUT2D eigenvalue weighted by Crippen LogP contribution is 2.26. The summed E-state index contributed by atoms with van der Waals surface area (Å²) in [5.74, 6) is -0.836. The van der Waals surface area contributed by atoms with Crippen molar-refractivity contribution in [2.24, 2.45) is 11.8 Å². The first-order valence-corrected chi connectivity index (χ1v) is 7.60. The summed E-state index contributed by atoms with van der Waals surface area (Å²) in [4.78, 5) is 33.3. The van der Waals surface area contributed by atoms with Crippen LogP contribution < -0.4 is 4.74 Å². The molecule has 0 saturated carbocycles. The zero-order valence-corrected chi connectivity index (χ0v) is 13.1. The van der Waals surface area contributed by atoms with E-state index in [9.17, 15) is 14.7 Å². The largest absolute Gasteiger partial charge is 0.481 e. The fourth-order valence-electron chi connectivity index (χ4n) is 2.79. The van der Waals surface area contributed by atoms with E-state index in [1.165, 1.54) is 12.4 Å². The monoisotopic (exact) mass is 327 g/mol. The van der Waals surface area contributed by atoms with Gasteiger partial charge in [0.05, 0.1) is 12.1 Å². The molecule has 1 aliphatic heterocycles. The van der Waals surface area contributed by atoms with Crippen molar-refractivity contribution in [2.45, 2.75) is 6.92 Å². The summed E-state index contributed by atoms with van der Waals surface area (Å²) < 4.78 is 5.57. The lowest BCUT2D eigenvalue weighted by atomic mass is 9.99. The van der Waals surface area contributed by atoms with Crippen molar-refractivity contribution in [3.8, 4) is 11.6 Å². The zero-order chi connectivity index (χ0) is 17.1. The quantitative estimate of drug-likeness (QED) is 0.924. The van der Waals surface area contributed by atoms with Crippen LogP contribution in [0.4, 0.5) is 0 Å². The number of aliphatic carboxylic acids is 1. The molecule has 1 amide bonds. The highest BCUT2D eigenvalue weighted by Gasteiger charge is 2.37. The van der Waals surface area contributed by atoms with Gasteiger partial charge in [-0.2, -0.15) is 0 Å². The Morgan fingerprint density at radius 3 is 2.79 bits per heavy atom. The average Bonchev–Trinajstić information content (AvgIpc) is 2.97. The molecule has 1 aromatic carbocycles. The molecule has 2 heterocycles. The van der Waals surface area contributed by atoms with Crippen molar-refractivity contribution in [2.75, 3.05) is 13.1 Å². The highest BCUT2D eigenvalue weighted by atomic mass is 16.5. The number of ether oxygens (including phenoxy) is 1. The van der Waals surface area contributed by atoms with Crippen molar-refractivity contribution < 1.29 is 19.4 Å². The van der Waals surface area contributed by atoms with Crippen LogP contribution in [-0.4, -0.2) is 44.9 Å². The van der Waals surface area contributed by atoms with E-state index in [1.54, 1.807) is 35.4 Å².